The smallest absolute Gasteiger partial charge is 0.308 e. The predicted molar refractivity (Wildman–Crippen MR) is 118 cm³/mol. The highest BCUT2D eigenvalue weighted by Crippen LogP contribution is 2.19. The molecule has 3 rings (SSSR count). The molecule has 0 spiro atoms. The Morgan fingerprint density at radius 1 is 1.09 bits per heavy atom. The Morgan fingerprint density at radius 3 is 2.55 bits per heavy atom. The maximum atomic E-state index is 12.9. The number of carbonyl (C=O) groups is 4. The van der Waals surface area contributed by atoms with Gasteiger partial charge in [-0.15, -0.1) is 0 Å². The second-order valence-corrected chi connectivity index (χ2v) is 7.18. The first-order valence-electron chi connectivity index (χ1n) is 10.2. The monoisotopic (exact) mass is 455 g/mol. The molecule has 2 aromatic carbocycles. The Hall–Kier alpha value is -4.08. The van der Waals surface area contributed by atoms with Crippen LogP contribution in [0, 0.1) is 0 Å². The van der Waals surface area contributed by atoms with E-state index >= 15 is 0 Å². The van der Waals surface area contributed by atoms with E-state index in [9.17, 15) is 19.2 Å². The zero-order valence-electron chi connectivity index (χ0n) is 18.3. The number of methoxy groups -OCH3 is 2. The first-order valence-corrected chi connectivity index (χ1v) is 10.2. The molecule has 0 bridgehead atoms. The normalized spacial score (nSPS) is 15.3. The minimum Gasteiger partial charge on any atom is -0.497 e. The van der Waals surface area contributed by atoms with Gasteiger partial charge in [0.2, 0.25) is 5.91 Å². The molecule has 174 valence electrons. The number of amides is 3. The van der Waals surface area contributed by atoms with Crippen molar-refractivity contribution >= 4 is 29.4 Å². The van der Waals surface area contributed by atoms with E-state index in [1.54, 1.807) is 48.5 Å². The minimum absolute atomic E-state index is 0.224. The topological polar surface area (TPSA) is 123 Å². The Bertz CT molecular complexity index is 1020. The van der Waals surface area contributed by atoms with Gasteiger partial charge in [0.1, 0.15) is 17.5 Å². The van der Waals surface area contributed by atoms with E-state index in [0.29, 0.717) is 29.3 Å². The van der Waals surface area contributed by atoms with Gasteiger partial charge in [0.05, 0.1) is 20.6 Å². The van der Waals surface area contributed by atoms with Gasteiger partial charge in [-0.1, -0.05) is 6.07 Å². The van der Waals surface area contributed by atoms with Crippen molar-refractivity contribution in [2.75, 3.05) is 39.2 Å². The molecule has 1 unspecified atom stereocenters. The van der Waals surface area contributed by atoms with Gasteiger partial charge in [-0.05, 0) is 36.4 Å². The maximum Gasteiger partial charge on any atom is 0.308 e. The summed E-state index contributed by atoms with van der Waals surface area (Å²) in [7, 11) is 2.77. The molecule has 1 fully saturated rings. The number of nitrogens with one attached hydrogen (secondary N) is 2. The van der Waals surface area contributed by atoms with Crippen LogP contribution in [0.3, 0.4) is 0 Å². The second-order valence-electron chi connectivity index (χ2n) is 7.18. The minimum atomic E-state index is -0.935. The first kappa shape index (κ1) is 23.6. The average molecular weight is 455 g/mol. The molecule has 1 aliphatic heterocycles. The van der Waals surface area contributed by atoms with Crippen LogP contribution < -0.4 is 20.1 Å². The lowest BCUT2D eigenvalue weighted by Gasteiger charge is -2.34. The highest BCUT2D eigenvalue weighted by Gasteiger charge is 2.35. The Kier molecular flexibility index (Phi) is 7.85. The van der Waals surface area contributed by atoms with Gasteiger partial charge >= 0.3 is 5.97 Å². The fraction of sp³-hybridized carbons (Fsp3) is 0.304. The van der Waals surface area contributed by atoms with Crippen molar-refractivity contribution in [1.29, 1.82) is 0 Å². The Labute approximate surface area is 190 Å². The standard InChI is InChI=1S/C23H25N3O7/c1-31-18-5-3-4-16(12-18)25-20(27)14-33-17-8-6-15(7-9-17)23(30)26-11-10-24-22(29)19(26)13-21(28)32-2/h3-9,12,19H,10-11,13-14H2,1-2H3,(H,24,29)(H,25,27). The van der Waals surface area contributed by atoms with Crippen molar-refractivity contribution in [2.45, 2.75) is 12.5 Å². The highest BCUT2D eigenvalue weighted by molar-refractivity contribution is 5.99. The molecule has 10 heteroatoms. The molecule has 2 N–H and O–H groups in total. The molecule has 33 heavy (non-hydrogen) atoms. The first-order chi connectivity index (χ1) is 15.9. The van der Waals surface area contributed by atoms with Crippen LogP contribution in [-0.4, -0.2) is 68.5 Å². The fourth-order valence-corrected chi connectivity index (χ4v) is 3.31. The molecular weight excluding hydrogens is 430 g/mol. The number of rotatable bonds is 8. The summed E-state index contributed by atoms with van der Waals surface area (Å²) in [5.41, 5.74) is 0.906. The second kappa shape index (κ2) is 11.0. The van der Waals surface area contributed by atoms with Crippen molar-refractivity contribution in [3.63, 3.8) is 0 Å². The van der Waals surface area contributed by atoms with Crippen molar-refractivity contribution in [3.05, 3.63) is 54.1 Å². The molecular formula is C23H25N3O7. The maximum absolute atomic E-state index is 12.9. The summed E-state index contributed by atoms with van der Waals surface area (Å²) in [5, 5.41) is 5.36. The van der Waals surface area contributed by atoms with Crippen molar-refractivity contribution < 1.29 is 33.4 Å². The van der Waals surface area contributed by atoms with E-state index < -0.39 is 17.9 Å². The van der Waals surface area contributed by atoms with E-state index in [4.69, 9.17) is 9.47 Å². The quantitative estimate of drug-likeness (QED) is 0.574. The number of piperazine rings is 1. The molecule has 10 nitrogen and oxygen atoms in total. The molecule has 0 aromatic heterocycles. The van der Waals surface area contributed by atoms with Gasteiger partial charge in [0, 0.05) is 30.4 Å². The van der Waals surface area contributed by atoms with E-state index in [0.717, 1.165) is 0 Å². The molecule has 3 amide bonds. The van der Waals surface area contributed by atoms with Crippen molar-refractivity contribution in [3.8, 4) is 11.5 Å². The largest absolute Gasteiger partial charge is 0.497 e. The zero-order valence-corrected chi connectivity index (χ0v) is 18.3. The molecule has 0 saturated carbocycles. The molecule has 1 saturated heterocycles. The summed E-state index contributed by atoms with van der Waals surface area (Å²) >= 11 is 0. The number of anilines is 1. The van der Waals surface area contributed by atoms with E-state index in [1.165, 1.54) is 19.1 Å². The van der Waals surface area contributed by atoms with Crippen LogP contribution in [0.2, 0.25) is 0 Å². The number of esters is 1. The summed E-state index contributed by atoms with van der Waals surface area (Å²) in [6.07, 6.45) is -0.225. The summed E-state index contributed by atoms with van der Waals surface area (Å²) < 4.78 is 15.2. The number of hydrogen-bond donors (Lipinski definition) is 2. The SMILES string of the molecule is COC(=O)CC1C(=O)NCCN1C(=O)c1ccc(OCC(=O)Nc2cccc(OC)c2)cc1. The number of ether oxygens (including phenoxy) is 3. The van der Waals surface area contributed by atoms with Crippen LogP contribution in [0.1, 0.15) is 16.8 Å². The molecule has 0 aliphatic carbocycles. The number of nitrogens with zero attached hydrogens (tertiary/aromatic N) is 1. The molecule has 2 aromatic rings. The third-order valence-corrected chi connectivity index (χ3v) is 5.00. The summed E-state index contributed by atoms with van der Waals surface area (Å²) in [6.45, 7) is 0.346. The Morgan fingerprint density at radius 2 is 1.85 bits per heavy atom. The van der Waals surface area contributed by atoms with Crippen LogP contribution in [0.4, 0.5) is 5.69 Å². The van der Waals surface area contributed by atoms with Crippen LogP contribution in [0.5, 0.6) is 11.5 Å². The van der Waals surface area contributed by atoms with Crippen molar-refractivity contribution in [2.24, 2.45) is 0 Å². The van der Waals surface area contributed by atoms with Crippen LogP contribution >= 0.6 is 0 Å². The van der Waals surface area contributed by atoms with Gasteiger partial charge < -0.3 is 29.7 Å². The lowest BCUT2D eigenvalue weighted by Crippen LogP contribution is -2.57. The van der Waals surface area contributed by atoms with E-state index in [-0.39, 0.29) is 31.4 Å². The highest BCUT2D eigenvalue weighted by atomic mass is 16.5. The van der Waals surface area contributed by atoms with Crippen LogP contribution in [0.15, 0.2) is 48.5 Å². The molecule has 1 aliphatic rings. The summed E-state index contributed by atoms with van der Waals surface area (Å²) in [6, 6.07) is 12.2. The lowest BCUT2D eigenvalue weighted by molar-refractivity contribution is -0.145. The third kappa shape index (κ3) is 6.22. The summed E-state index contributed by atoms with van der Waals surface area (Å²) in [5.74, 6) is -0.703. The van der Waals surface area contributed by atoms with Crippen LogP contribution in [-0.2, 0) is 19.1 Å². The van der Waals surface area contributed by atoms with Gasteiger partial charge in [-0.2, -0.15) is 0 Å². The van der Waals surface area contributed by atoms with E-state index in [1.807, 2.05) is 0 Å². The number of carbonyl (C=O) groups excluding carboxylic acids is 4. The number of hydrogen-bond acceptors (Lipinski definition) is 7. The summed E-state index contributed by atoms with van der Waals surface area (Å²) in [4.78, 5) is 50.3. The zero-order chi connectivity index (χ0) is 23.8. The van der Waals surface area contributed by atoms with E-state index in [2.05, 4.69) is 15.4 Å². The van der Waals surface area contributed by atoms with Crippen LogP contribution in [0.25, 0.3) is 0 Å². The van der Waals surface area contributed by atoms with Gasteiger partial charge in [0.25, 0.3) is 11.8 Å². The molecule has 1 heterocycles. The number of benzene rings is 2. The van der Waals surface area contributed by atoms with Gasteiger partial charge in [-0.3, -0.25) is 19.2 Å². The Balaban J connectivity index is 1.58. The fourth-order valence-electron chi connectivity index (χ4n) is 3.31. The molecule has 0 radical (unpaired) electrons. The predicted octanol–water partition coefficient (Wildman–Crippen LogP) is 1.22. The van der Waals surface area contributed by atoms with Gasteiger partial charge in [-0.25, -0.2) is 0 Å². The lowest BCUT2D eigenvalue weighted by atomic mass is 10.1. The van der Waals surface area contributed by atoms with Gasteiger partial charge in [0.15, 0.2) is 6.61 Å². The third-order valence-electron chi connectivity index (χ3n) is 5.00. The molecule has 1 atom stereocenters. The van der Waals surface area contributed by atoms with Crippen molar-refractivity contribution in [1.82, 2.24) is 10.2 Å². The average Bonchev–Trinajstić information content (AvgIpc) is 2.84.